The van der Waals surface area contributed by atoms with Crippen molar-refractivity contribution in [1.29, 1.82) is 0 Å². The summed E-state index contributed by atoms with van der Waals surface area (Å²) in [5, 5.41) is 19.0. The fourth-order valence-corrected chi connectivity index (χ4v) is 2.86. The molecular weight excluding hydrogens is 348 g/mol. The van der Waals surface area contributed by atoms with E-state index in [2.05, 4.69) is 10.2 Å². The van der Waals surface area contributed by atoms with Gasteiger partial charge in [-0.15, -0.1) is 10.2 Å². The summed E-state index contributed by atoms with van der Waals surface area (Å²) < 4.78 is 7.62. The Bertz CT molecular complexity index is 965. The SMILES string of the molecule is Cc1ccccc1OCCCn1c(O)c(N=NC(N)=S)c2ccccc21. The van der Waals surface area contributed by atoms with E-state index in [1.165, 1.54) is 0 Å². The molecule has 1 aromatic heterocycles. The molecule has 3 aromatic rings. The van der Waals surface area contributed by atoms with Gasteiger partial charge in [-0.05, 0) is 43.3 Å². The highest BCUT2D eigenvalue weighted by atomic mass is 32.1. The van der Waals surface area contributed by atoms with Crippen LogP contribution in [0.1, 0.15) is 12.0 Å². The number of hydrogen-bond donors (Lipinski definition) is 2. The standard InChI is InChI=1S/C19H20N4O2S/c1-13-7-2-5-10-16(13)25-12-6-11-23-15-9-4-3-8-14(15)17(18(23)24)21-22-19(20)26/h2-5,7-10,24H,6,11-12H2,1H3,(H2,20,26). The van der Waals surface area contributed by atoms with Gasteiger partial charge in [-0.2, -0.15) is 0 Å². The number of ether oxygens (including phenoxy) is 1. The molecule has 134 valence electrons. The van der Waals surface area contributed by atoms with Crippen molar-refractivity contribution in [3.8, 4) is 11.6 Å². The molecule has 3 N–H and O–H groups in total. The third kappa shape index (κ3) is 3.83. The molecule has 6 nitrogen and oxygen atoms in total. The molecule has 0 amide bonds. The second-order valence-electron chi connectivity index (χ2n) is 5.85. The lowest BCUT2D eigenvalue weighted by atomic mass is 10.2. The minimum Gasteiger partial charge on any atom is -0.493 e. The van der Waals surface area contributed by atoms with E-state index in [0.717, 1.165) is 28.6 Å². The lowest BCUT2D eigenvalue weighted by Gasteiger charge is -2.10. The van der Waals surface area contributed by atoms with E-state index in [-0.39, 0.29) is 11.0 Å². The number of nitrogens with two attached hydrogens (primary N) is 1. The van der Waals surface area contributed by atoms with Crippen molar-refractivity contribution in [3.05, 3.63) is 54.1 Å². The van der Waals surface area contributed by atoms with E-state index in [1.807, 2.05) is 55.5 Å². The number of thiocarbonyl (C=S) groups is 1. The predicted molar refractivity (Wildman–Crippen MR) is 106 cm³/mol. The highest BCUT2D eigenvalue weighted by Gasteiger charge is 2.16. The first-order chi connectivity index (χ1) is 12.6. The Kier molecular flexibility index (Phi) is 5.48. The Balaban J connectivity index is 1.76. The van der Waals surface area contributed by atoms with Gasteiger partial charge in [0, 0.05) is 11.9 Å². The van der Waals surface area contributed by atoms with Crippen LogP contribution in [0.2, 0.25) is 0 Å². The fraction of sp³-hybridized carbons (Fsp3) is 0.211. The quantitative estimate of drug-likeness (QED) is 0.382. The average Bonchev–Trinajstić information content (AvgIpc) is 2.90. The summed E-state index contributed by atoms with van der Waals surface area (Å²) in [6.45, 7) is 3.14. The van der Waals surface area contributed by atoms with Crippen LogP contribution in [-0.4, -0.2) is 21.4 Å². The van der Waals surface area contributed by atoms with E-state index in [1.54, 1.807) is 4.57 Å². The van der Waals surface area contributed by atoms with Gasteiger partial charge in [0.25, 0.3) is 0 Å². The van der Waals surface area contributed by atoms with Crippen LogP contribution >= 0.6 is 12.2 Å². The third-order valence-electron chi connectivity index (χ3n) is 4.04. The minimum atomic E-state index is -0.0761. The van der Waals surface area contributed by atoms with Crippen LogP contribution in [0.5, 0.6) is 11.6 Å². The second kappa shape index (κ2) is 7.97. The number of hydrogen-bond acceptors (Lipinski definition) is 4. The number of azo groups is 1. The Labute approximate surface area is 156 Å². The van der Waals surface area contributed by atoms with Gasteiger partial charge in [0.05, 0.1) is 12.1 Å². The molecule has 0 bridgehead atoms. The molecule has 0 radical (unpaired) electrons. The molecule has 3 rings (SSSR count). The zero-order valence-corrected chi connectivity index (χ0v) is 15.2. The molecule has 0 saturated heterocycles. The van der Waals surface area contributed by atoms with Crippen molar-refractivity contribution in [1.82, 2.24) is 4.57 Å². The first kappa shape index (κ1) is 17.9. The minimum absolute atomic E-state index is 0.0436. The molecule has 0 atom stereocenters. The van der Waals surface area contributed by atoms with Gasteiger partial charge in [0.15, 0.2) is 5.69 Å². The van der Waals surface area contributed by atoms with Gasteiger partial charge >= 0.3 is 0 Å². The summed E-state index contributed by atoms with van der Waals surface area (Å²) in [6.07, 6.45) is 0.729. The Morgan fingerprint density at radius 3 is 2.69 bits per heavy atom. The molecule has 0 aliphatic carbocycles. The van der Waals surface area contributed by atoms with Crippen LogP contribution in [0.25, 0.3) is 10.9 Å². The van der Waals surface area contributed by atoms with Gasteiger partial charge in [0.2, 0.25) is 11.0 Å². The fourth-order valence-electron chi connectivity index (χ4n) is 2.82. The van der Waals surface area contributed by atoms with Crippen molar-refractivity contribution in [2.24, 2.45) is 16.0 Å². The molecule has 0 saturated carbocycles. The summed E-state index contributed by atoms with van der Waals surface area (Å²) >= 11 is 4.72. The van der Waals surface area contributed by atoms with Crippen LogP contribution in [0.3, 0.4) is 0 Å². The van der Waals surface area contributed by atoms with E-state index in [0.29, 0.717) is 18.8 Å². The second-order valence-corrected chi connectivity index (χ2v) is 6.27. The molecule has 0 spiro atoms. The van der Waals surface area contributed by atoms with Gasteiger partial charge in [0.1, 0.15) is 5.75 Å². The Morgan fingerprint density at radius 1 is 1.19 bits per heavy atom. The molecule has 0 aliphatic rings. The predicted octanol–water partition coefficient (Wildman–Crippen LogP) is 4.45. The monoisotopic (exact) mass is 368 g/mol. The first-order valence-corrected chi connectivity index (χ1v) is 8.68. The number of nitrogens with zero attached hydrogens (tertiary/aromatic N) is 3. The number of aryl methyl sites for hydroxylation is 2. The summed E-state index contributed by atoms with van der Waals surface area (Å²) in [4.78, 5) is 0. The topological polar surface area (TPSA) is 85.1 Å². The van der Waals surface area contributed by atoms with Crippen LogP contribution in [-0.2, 0) is 6.54 Å². The number of rotatable bonds is 6. The molecule has 0 unspecified atom stereocenters. The number of benzene rings is 2. The molecule has 0 fully saturated rings. The number of fused-ring (bicyclic) bond motifs is 1. The zero-order valence-electron chi connectivity index (χ0n) is 14.4. The van der Waals surface area contributed by atoms with Gasteiger partial charge < -0.3 is 20.1 Å². The largest absolute Gasteiger partial charge is 0.493 e. The van der Waals surface area contributed by atoms with Crippen molar-refractivity contribution < 1.29 is 9.84 Å². The average molecular weight is 368 g/mol. The normalized spacial score (nSPS) is 11.3. The van der Waals surface area contributed by atoms with E-state index < -0.39 is 0 Å². The third-order valence-corrected chi connectivity index (χ3v) is 4.12. The van der Waals surface area contributed by atoms with E-state index in [4.69, 9.17) is 22.7 Å². The first-order valence-electron chi connectivity index (χ1n) is 8.27. The summed E-state index contributed by atoms with van der Waals surface area (Å²) in [6, 6.07) is 15.5. The van der Waals surface area contributed by atoms with Crippen LogP contribution in [0.15, 0.2) is 58.8 Å². The van der Waals surface area contributed by atoms with Crippen LogP contribution in [0, 0.1) is 6.92 Å². The molecule has 26 heavy (non-hydrogen) atoms. The van der Waals surface area contributed by atoms with Gasteiger partial charge in [-0.1, -0.05) is 36.4 Å². The van der Waals surface area contributed by atoms with Crippen molar-refractivity contribution in [2.45, 2.75) is 19.9 Å². The maximum absolute atomic E-state index is 10.6. The summed E-state index contributed by atoms with van der Waals surface area (Å²) in [7, 11) is 0. The Hall–Kier alpha value is -2.93. The van der Waals surface area contributed by atoms with Gasteiger partial charge in [-0.25, -0.2) is 0 Å². The summed E-state index contributed by atoms with van der Waals surface area (Å²) in [5.41, 5.74) is 7.71. The number of para-hydroxylation sites is 2. The zero-order chi connectivity index (χ0) is 18.5. The van der Waals surface area contributed by atoms with E-state index in [9.17, 15) is 5.11 Å². The van der Waals surface area contributed by atoms with Crippen LogP contribution in [0.4, 0.5) is 5.69 Å². The van der Waals surface area contributed by atoms with E-state index >= 15 is 0 Å². The van der Waals surface area contributed by atoms with Crippen molar-refractivity contribution in [3.63, 3.8) is 0 Å². The molecule has 7 heteroatoms. The smallest absolute Gasteiger partial charge is 0.220 e. The number of aromatic hydroxyl groups is 1. The molecular formula is C19H20N4O2S. The molecule has 2 aromatic carbocycles. The Morgan fingerprint density at radius 2 is 1.92 bits per heavy atom. The number of aromatic nitrogens is 1. The summed E-state index contributed by atoms with van der Waals surface area (Å²) in [5.74, 6) is 0.919. The van der Waals surface area contributed by atoms with Crippen molar-refractivity contribution in [2.75, 3.05) is 6.61 Å². The molecule has 1 heterocycles. The van der Waals surface area contributed by atoms with Crippen LogP contribution < -0.4 is 10.5 Å². The highest BCUT2D eigenvalue weighted by Crippen LogP contribution is 2.38. The maximum Gasteiger partial charge on any atom is 0.220 e. The lowest BCUT2D eigenvalue weighted by molar-refractivity contribution is 0.296. The maximum atomic E-state index is 10.6. The van der Waals surface area contributed by atoms with Gasteiger partial charge in [-0.3, -0.25) is 0 Å². The van der Waals surface area contributed by atoms with Crippen molar-refractivity contribution >= 4 is 33.9 Å². The molecule has 0 aliphatic heterocycles. The lowest BCUT2D eigenvalue weighted by Crippen LogP contribution is -2.04. The highest BCUT2D eigenvalue weighted by molar-refractivity contribution is 7.80.